The molecule has 0 atom stereocenters. The molecule has 2 rings (SSSR count). The van der Waals surface area contributed by atoms with Gasteiger partial charge in [0.2, 0.25) is 0 Å². The minimum absolute atomic E-state index is 0.236. The van der Waals surface area contributed by atoms with E-state index in [0.29, 0.717) is 11.3 Å². The zero-order chi connectivity index (χ0) is 12.4. The lowest BCUT2D eigenvalue weighted by molar-refractivity contribution is 0.379. The smallest absolute Gasteiger partial charge is 0.316 e. The van der Waals surface area contributed by atoms with Gasteiger partial charge in [-0.05, 0) is 31.2 Å². The van der Waals surface area contributed by atoms with E-state index in [-0.39, 0.29) is 11.8 Å². The van der Waals surface area contributed by atoms with Crippen molar-refractivity contribution < 1.29 is 9.13 Å². The molecule has 17 heavy (non-hydrogen) atoms. The molecule has 1 aromatic heterocycles. The molecule has 3 nitrogen and oxygen atoms in total. The van der Waals surface area contributed by atoms with Crippen molar-refractivity contribution in [2.75, 3.05) is 7.11 Å². The van der Waals surface area contributed by atoms with Crippen molar-refractivity contribution in [1.29, 1.82) is 0 Å². The Bertz CT molecular complexity index is 560. The second-order valence-corrected chi connectivity index (χ2v) is 4.42. The number of nitrogens with zero attached hydrogens (tertiary/aromatic N) is 2. The van der Waals surface area contributed by atoms with Crippen molar-refractivity contribution in [3.8, 4) is 17.3 Å². The maximum atomic E-state index is 13.7. The minimum atomic E-state index is -0.326. The van der Waals surface area contributed by atoms with E-state index < -0.39 is 0 Å². The van der Waals surface area contributed by atoms with Crippen LogP contribution in [0.3, 0.4) is 0 Å². The van der Waals surface area contributed by atoms with Crippen LogP contribution in [0.5, 0.6) is 6.01 Å². The third kappa shape index (κ3) is 2.61. The number of halogens is 2. The van der Waals surface area contributed by atoms with Gasteiger partial charge in [-0.2, -0.15) is 4.98 Å². The number of hydrogen-bond donors (Lipinski definition) is 0. The van der Waals surface area contributed by atoms with E-state index in [4.69, 9.17) is 4.74 Å². The van der Waals surface area contributed by atoms with Crippen molar-refractivity contribution in [2.24, 2.45) is 0 Å². The normalized spacial score (nSPS) is 10.4. The Morgan fingerprint density at radius 3 is 2.71 bits per heavy atom. The Morgan fingerprint density at radius 2 is 2.00 bits per heavy atom. The lowest BCUT2D eigenvalue weighted by Crippen LogP contribution is -1.97. The summed E-state index contributed by atoms with van der Waals surface area (Å²) in [5, 5.41) is 0. The molecule has 1 aromatic carbocycles. The van der Waals surface area contributed by atoms with E-state index in [1.54, 1.807) is 18.2 Å². The summed E-state index contributed by atoms with van der Waals surface area (Å²) in [5.74, 6) is -0.326. The molecule has 0 saturated heterocycles. The summed E-state index contributed by atoms with van der Waals surface area (Å²) in [5.41, 5.74) is 1.66. The second-order valence-electron chi connectivity index (χ2n) is 3.51. The summed E-state index contributed by atoms with van der Waals surface area (Å²) >= 11 is 3.31. The van der Waals surface area contributed by atoms with Gasteiger partial charge in [-0.25, -0.2) is 9.37 Å². The third-order valence-electron chi connectivity index (χ3n) is 2.22. The molecule has 0 aliphatic rings. The first-order valence-corrected chi connectivity index (χ1v) is 5.74. The SMILES string of the molecule is COc1nc(C)cc(-c2cc(Br)ccc2F)n1. The Labute approximate surface area is 107 Å². The van der Waals surface area contributed by atoms with Gasteiger partial charge in [-0.1, -0.05) is 15.9 Å². The van der Waals surface area contributed by atoms with Gasteiger partial charge in [0.15, 0.2) is 0 Å². The summed E-state index contributed by atoms with van der Waals surface area (Å²) < 4.78 is 19.5. The van der Waals surface area contributed by atoms with Crippen LogP contribution < -0.4 is 4.74 Å². The second kappa shape index (κ2) is 4.79. The molecule has 0 bridgehead atoms. The zero-order valence-corrected chi connectivity index (χ0v) is 11.0. The highest BCUT2D eigenvalue weighted by Crippen LogP contribution is 2.26. The quantitative estimate of drug-likeness (QED) is 0.852. The monoisotopic (exact) mass is 296 g/mol. The number of methoxy groups -OCH3 is 1. The highest BCUT2D eigenvalue weighted by Gasteiger charge is 2.10. The van der Waals surface area contributed by atoms with Gasteiger partial charge < -0.3 is 4.74 Å². The summed E-state index contributed by atoms with van der Waals surface area (Å²) in [6.07, 6.45) is 0. The van der Waals surface area contributed by atoms with Crippen molar-refractivity contribution in [2.45, 2.75) is 6.92 Å². The van der Waals surface area contributed by atoms with Crippen molar-refractivity contribution >= 4 is 15.9 Å². The van der Waals surface area contributed by atoms with Crippen LogP contribution in [0.15, 0.2) is 28.7 Å². The van der Waals surface area contributed by atoms with Crippen molar-refractivity contribution in [1.82, 2.24) is 9.97 Å². The topological polar surface area (TPSA) is 35.0 Å². The highest BCUT2D eigenvalue weighted by atomic mass is 79.9. The summed E-state index contributed by atoms with van der Waals surface area (Å²) in [4.78, 5) is 8.19. The van der Waals surface area contributed by atoms with Crippen LogP contribution in [0.1, 0.15) is 5.69 Å². The molecular formula is C12H10BrFN2O. The van der Waals surface area contributed by atoms with Crippen molar-refractivity contribution in [3.05, 3.63) is 40.2 Å². The van der Waals surface area contributed by atoms with E-state index >= 15 is 0 Å². The van der Waals surface area contributed by atoms with E-state index in [1.807, 2.05) is 6.92 Å². The molecule has 0 saturated carbocycles. The van der Waals surface area contributed by atoms with Gasteiger partial charge >= 0.3 is 6.01 Å². The number of ether oxygens (including phenoxy) is 1. The molecule has 1 heterocycles. The molecule has 5 heteroatoms. The Hall–Kier alpha value is -1.49. The first kappa shape index (κ1) is 12.0. The minimum Gasteiger partial charge on any atom is -0.467 e. The summed E-state index contributed by atoms with van der Waals surface area (Å²) in [7, 11) is 1.48. The molecule has 2 aromatic rings. The molecule has 88 valence electrons. The number of rotatable bonds is 2. The molecule has 0 amide bonds. The van der Waals surface area contributed by atoms with Crippen molar-refractivity contribution in [3.63, 3.8) is 0 Å². The van der Waals surface area contributed by atoms with Gasteiger partial charge in [0.25, 0.3) is 0 Å². The van der Waals surface area contributed by atoms with Crippen LogP contribution in [-0.2, 0) is 0 Å². The summed E-state index contributed by atoms with van der Waals surface area (Å²) in [6.45, 7) is 1.81. The lowest BCUT2D eigenvalue weighted by Gasteiger charge is -2.06. The molecule has 0 N–H and O–H groups in total. The lowest BCUT2D eigenvalue weighted by atomic mass is 10.1. The van der Waals surface area contributed by atoms with Gasteiger partial charge in [-0.15, -0.1) is 0 Å². The first-order valence-electron chi connectivity index (χ1n) is 4.95. The fourth-order valence-corrected chi connectivity index (χ4v) is 1.83. The Morgan fingerprint density at radius 1 is 1.24 bits per heavy atom. The van der Waals surface area contributed by atoms with Crippen LogP contribution in [0.2, 0.25) is 0 Å². The number of aromatic nitrogens is 2. The Balaban J connectivity index is 2.59. The summed E-state index contributed by atoms with van der Waals surface area (Å²) in [6, 6.07) is 6.66. The van der Waals surface area contributed by atoms with Gasteiger partial charge in [0.1, 0.15) is 5.82 Å². The van der Waals surface area contributed by atoms with Crippen LogP contribution in [0, 0.1) is 12.7 Å². The van der Waals surface area contributed by atoms with E-state index in [1.165, 1.54) is 13.2 Å². The van der Waals surface area contributed by atoms with Gasteiger partial charge in [0.05, 0.1) is 12.8 Å². The molecule has 0 fully saturated rings. The standard InChI is InChI=1S/C12H10BrFN2O/c1-7-5-11(16-12(15-7)17-2)9-6-8(13)3-4-10(9)14/h3-6H,1-2H3. The number of aryl methyl sites for hydroxylation is 1. The number of benzene rings is 1. The molecular weight excluding hydrogens is 287 g/mol. The van der Waals surface area contributed by atoms with E-state index in [9.17, 15) is 4.39 Å². The largest absolute Gasteiger partial charge is 0.467 e. The van der Waals surface area contributed by atoms with Crippen LogP contribution in [-0.4, -0.2) is 17.1 Å². The molecule has 0 aliphatic carbocycles. The molecule has 0 unspecified atom stereocenters. The Kier molecular flexibility index (Phi) is 3.38. The maximum absolute atomic E-state index is 13.7. The average molecular weight is 297 g/mol. The van der Waals surface area contributed by atoms with E-state index in [2.05, 4.69) is 25.9 Å². The fraction of sp³-hybridized carbons (Fsp3) is 0.167. The van der Waals surface area contributed by atoms with Crippen LogP contribution in [0.25, 0.3) is 11.3 Å². The van der Waals surface area contributed by atoms with Gasteiger partial charge in [0, 0.05) is 15.7 Å². The molecule has 0 spiro atoms. The van der Waals surface area contributed by atoms with Crippen LogP contribution in [0.4, 0.5) is 4.39 Å². The zero-order valence-electron chi connectivity index (χ0n) is 9.37. The molecule has 0 aliphatic heterocycles. The fourth-order valence-electron chi connectivity index (χ4n) is 1.46. The first-order chi connectivity index (χ1) is 8.10. The van der Waals surface area contributed by atoms with Crippen LogP contribution >= 0.6 is 15.9 Å². The average Bonchev–Trinajstić information content (AvgIpc) is 2.31. The molecule has 0 radical (unpaired) electrons. The van der Waals surface area contributed by atoms with E-state index in [0.717, 1.165) is 10.2 Å². The maximum Gasteiger partial charge on any atom is 0.316 e. The predicted molar refractivity (Wildman–Crippen MR) is 66.4 cm³/mol. The highest BCUT2D eigenvalue weighted by molar-refractivity contribution is 9.10. The number of hydrogen-bond acceptors (Lipinski definition) is 3. The third-order valence-corrected chi connectivity index (χ3v) is 2.71. The van der Waals surface area contributed by atoms with Gasteiger partial charge in [-0.3, -0.25) is 0 Å². The predicted octanol–water partition coefficient (Wildman–Crippen LogP) is 3.36.